The molecule has 0 bridgehead atoms. The fourth-order valence-electron chi connectivity index (χ4n) is 1.58. The van der Waals surface area contributed by atoms with Crippen molar-refractivity contribution in [3.63, 3.8) is 0 Å². The number of ether oxygens (including phenoxy) is 2. The number of carbonyl (C=O) groups excluding carboxylic acids is 1. The summed E-state index contributed by atoms with van der Waals surface area (Å²) in [5.74, 6) is 2.36. The zero-order chi connectivity index (χ0) is 11.1. The third kappa shape index (κ3) is 4.03. The van der Waals surface area contributed by atoms with Gasteiger partial charge in [-0.05, 0) is 19.3 Å². The summed E-state index contributed by atoms with van der Waals surface area (Å²) >= 11 is 0. The summed E-state index contributed by atoms with van der Waals surface area (Å²) in [6.45, 7) is 2.56. The minimum Gasteiger partial charge on any atom is -0.353 e. The molecule has 1 saturated heterocycles. The van der Waals surface area contributed by atoms with Crippen molar-refractivity contribution in [2.45, 2.75) is 45.0 Å². The first kappa shape index (κ1) is 12.2. The Morgan fingerprint density at radius 3 is 3.00 bits per heavy atom. The maximum atomic E-state index is 10.7. The lowest BCUT2D eigenvalue weighted by molar-refractivity contribution is -0.194. The Bertz CT molecular complexity index is 226. The quantitative estimate of drug-likeness (QED) is 0.512. The van der Waals surface area contributed by atoms with E-state index in [0.717, 1.165) is 32.2 Å². The largest absolute Gasteiger partial charge is 0.353 e. The molecule has 0 N–H and O–H groups in total. The van der Waals surface area contributed by atoms with E-state index in [2.05, 4.69) is 5.92 Å². The molecule has 3 heteroatoms. The third-order valence-corrected chi connectivity index (χ3v) is 2.58. The number of carbonyl (C=O) groups is 1. The van der Waals surface area contributed by atoms with Crippen LogP contribution < -0.4 is 0 Å². The van der Waals surface area contributed by atoms with Crippen molar-refractivity contribution in [3.8, 4) is 12.3 Å². The molecule has 1 aliphatic rings. The van der Waals surface area contributed by atoms with Gasteiger partial charge in [0.2, 0.25) is 0 Å². The zero-order valence-corrected chi connectivity index (χ0v) is 9.15. The van der Waals surface area contributed by atoms with E-state index in [0.29, 0.717) is 6.42 Å². The average Bonchev–Trinajstić information content (AvgIpc) is 2.29. The lowest BCUT2D eigenvalue weighted by Gasteiger charge is -2.28. The summed E-state index contributed by atoms with van der Waals surface area (Å²) in [4.78, 5) is 10.7. The molecule has 0 aromatic heterocycles. The lowest BCUT2D eigenvalue weighted by atomic mass is 10.0. The molecule has 1 unspecified atom stereocenters. The van der Waals surface area contributed by atoms with Crippen molar-refractivity contribution in [1.29, 1.82) is 0 Å². The second kappa shape index (κ2) is 6.60. The van der Waals surface area contributed by atoms with E-state index >= 15 is 0 Å². The monoisotopic (exact) mass is 210 g/mol. The Kier molecular flexibility index (Phi) is 5.38. The number of hydrogen-bond donors (Lipinski definition) is 0. The van der Waals surface area contributed by atoms with Crippen molar-refractivity contribution in [2.75, 3.05) is 6.61 Å². The maximum absolute atomic E-state index is 10.7. The van der Waals surface area contributed by atoms with Gasteiger partial charge >= 0.3 is 0 Å². The second-order valence-corrected chi connectivity index (χ2v) is 3.87. The highest BCUT2D eigenvalue weighted by molar-refractivity contribution is 5.53. The molecule has 1 heterocycles. The van der Waals surface area contributed by atoms with Crippen molar-refractivity contribution < 1.29 is 14.3 Å². The summed E-state index contributed by atoms with van der Waals surface area (Å²) in [6, 6.07) is 0. The standard InChI is InChI=1S/C12H18O3/c1-3-6-11(10(2)9-13)15-12-7-4-5-8-14-12/h1,9-12H,4-8H2,2H3/t10-,11-,12?/m1/s1. The van der Waals surface area contributed by atoms with Gasteiger partial charge in [-0.1, -0.05) is 6.92 Å². The molecule has 0 radical (unpaired) electrons. The van der Waals surface area contributed by atoms with E-state index in [4.69, 9.17) is 15.9 Å². The third-order valence-electron chi connectivity index (χ3n) is 2.58. The van der Waals surface area contributed by atoms with Crippen LogP contribution in [0.2, 0.25) is 0 Å². The van der Waals surface area contributed by atoms with Crippen molar-refractivity contribution in [2.24, 2.45) is 5.92 Å². The molecule has 0 aromatic carbocycles. The highest BCUT2D eigenvalue weighted by Crippen LogP contribution is 2.19. The molecule has 1 rings (SSSR count). The summed E-state index contributed by atoms with van der Waals surface area (Å²) in [6.07, 6.45) is 9.28. The van der Waals surface area contributed by atoms with E-state index in [1.165, 1.54) is 0 Å². The van der Waals surface area contributed by atoms with Gasteiger partial charge in [0.1, 0.15) is 6.29 Å². The summed E-state index contributed by atoms with van der Waals surface area (Å²) < 4.78 is 11.1. The van der Waals surface area contributed by atoms with Crippen LogP contribution in [0.1, 0.15) is 32.6 Å². The van der Waals surface area contributed by atoms with Crippen LogP contribution in [0.5, 0.6) is 0 Å². The molecule has 3 nitrogen and oxygen atoms in total. The smallest absolute Gasteiger partial charge is 0.158 e. The molecule has 0 aliphatic carbocycles. The van der Waals surface area contributed by atoms with Crippen molar-refractivity contribution >= 4 is 6.29 Å². The topological polar surface area (TPSA) is 35.5 Å². The molecule has 15 heavy (non-hydrogen) atoms. The van der Waals surface area contributed by atoms with E-state index in [9.17, 15) is 4.79 Å². The number of terminal acetylenes is 1. The minimum atomic E-state index is -0.212. The van der Waals surface area contributed by atoms with E-state index in [1.54, 1.807) is 0 Å². The Morgan fingerprint density at radius 2 is 2.47 bits per heavy atom. The molecule has 84 valence electrons. The van der Waals surface area contributed by atoms with Crippen LogP contribution in [0.4, 0.5) is 0 Å². The molecule has 0 amide bonds. The molecule has 0 aromatic rings. The Balaban J connectivity index is 2.42. The number of rotatable bonds is 5. The molecule has 0 saturated carbocycles. The van der Waals surface area contributed by atoms with Crippen LogP contribution in [0, 0.1) is 18.3 Å². The molecule has 0 spiro atoms. The SMILES string of the molecule is C#CC[C@@H](OC1CCCCO1)[C@H](C)C=O. The number of hydrogen-bond acceptors (Lipinski definition) is 3. The van der Waals surface area contributed by atoms with Crippen LogP contribution in [0.3, 0.4) is 0 Å². The minimum absolute atomic E-state index is 0.174. The Morgan fingerprint density at radius 1 is 1.67 bits per heavy atom. The first-order valence-corrected chi connectivity index (χ1v) is 5.43. The Hall–Kier alpha value is -0.850. The average molecular weight is 210 g/mol. The second-order valence-electron chi connectivity index (χ2n) is 3.87. The first-order chi connectivity index (χ1) is 7.27. The van der Waals surface area contributed by atoms with Gasteiger partial charge in [0, 0.05) is 18.9 Å². The summed E-state index contributed by atoms with van der Waals surface area (Å²) in [5, 5.41) is 0. The fourth-order valence-corrected chi connectivity index (χ4v) is 1.58. The van der Waals surface area contributed by atoms with E-state index in [-0.39, 0.29) is 18.3 Å². The van der Waals surface area contributed by atoms with Gasteiger partial charge in [-0.25, -0.2) is 0 Å². The number of aldehydes is 1. The van der Waals surface area contributed by atoms with Crippen molar-refractivity contribution in [3.05, 3.63) is 0 Å². The van der Waals surface area contributed by atoms with Gasteiger partial charge in [0.15, 0.2) is 6.29 Å². The molecule has 1 fully saturated rings. The Labute approximate surface area is 91.1 Å². The van der Waals surface area contributed by atoms with Crippen LogP contribution in [0.25, 0.3) is 0 Å². The van der Waals surface area contributed by atoms with Gasteiger partial charge in [0.05, 0.1) is 6.10 Å². The molecule has 1 aliphatic heterocycles. The summed E-state index contributed by atoms with van der Waals surface area (Å²) in [7, 11) is 0. The first-order valence-electron chi connectivity index (χ1n) is 5.43. The highest BCUT2D eigenvalue weighted by atomic mass is 16.7. The van der Waals surface area contributed by atoms with Gasteiger partial charge < -0.3 is 14.3 Å². The predicted molar refractivity (Wildman–Crippen MR) is 57.1 cm³/mol. The predicted octanol–water partition coefficient (Wildman–Crippen LogP) is 1.76. The molecular weight excluding hydrogens is 192 g/mol. The van der Waals surface area contributed by atoms with E-state index in [1.807, 2.05) is 6.92 Å². The van der Waals surface area contributed by atoms with Crippen LogP contribution in [-0.2, 0) is 14.3 Å². The van der Waals surface area contributed by atoms with Gasteiger partial charge in [0.25, 0.3) is 0 Å². The van der Waals surface area contributed by atoms with Gasteiger partial charge in [-0.3, -0.25) is 0 Å². The van der Waals surface area contributed by atoms with Crippen LogP contribution in [0.15, 0.2) is 0 Å². The zero-order valence-electron chi connectivity index (χ0n) is 9.15. The normalized spacial score (nSPS) is 25.2. The maximum Gasteiger partial charge on any atom is 0.158 e. The molecule has 3 atom stereocenters. The van der Waals surface area contributed by atoms with Crippen molar-refractivity contribution in [1.82, 2.24) is 0 Å². The fraction of sp³-hybridized carbons (Fsp3) is 0.750. The highest BCUT2D eigenvalue weighted by Gasteiger charge is 2.23. The van der Waals surface area contributed by atoms with Gasteiger partial charge in [-0.2, -0.15) is 0 Å². The summed E-state index contributed by atoms with van der Waals surface area (Å²) in [5.41, 5.74) is 0. The molecular formula is C12H18O3. The van der Waals surface area contributed by atoms with Gasteiger partial charge in [-0.15, -0.1) is 12.3 Å². The van der Waals surface area contributed by atoms with E-state index < -0.39 is 0 Å². The van der Waals surface area contributed by atoms with Crippen LogP contribution in [-0.4, -0.2) is 25.3 Å². The lowest BCUT2D eigenvalue weighted by Crippen LogP contribution is -2.32. The van der Waals surface area contributed by atoms with Crippen LogP contribution >= 0.6 is 0 Å².